The van der Waals surface area contributed by atoms with Crippen molar-refractivity contribution >= 4 is 27.3 Å². The van der Waals surface area contributed by atoms with E-state index in [0.717, 1.165) is 31.2 Å². The SMILES string of the molecule is CCCCC(=O)Nc1cc(F)ccc1NS(C)(=O)=O. The van der Waals surface area contributed by atoms with Crippen molar-refractivity contribution in [3.8, 4) is 0 Å². The van der Waals surface area contributed by atoms with E-state index in [0.29, 0.717) is 6.42 Å². The molecular weight excluding hydrogens is 271 g/mol. The van der Waals surface area contributed by atoms with Crippen LogP contribution in [0.2, 0.25) is 0 Å². The number of sulfonamides is 1. The summed E-state index contributed by atoms with van der Waals surface area (Å²) in [6.45, 7) is 1.95. The number of nitrogens with one attached hydrogen (secondary N) is 2. The van der Waals surface area contributed by atoms with E-state index in [1.165, 1.54) is 6.07 Å². The van der Waals surface area contributed by atoms with Gasteiger partial charge in [0.2, 0.25) is 15.9 Å². The molecule has 0 spiro atoms. The summed E-state index contributed by atoms with van der Waals surface area (Å²) >= 11 is 0. The molecule has 0 heterocycles. The van der Waals surface area contributed by atoms with Gasteiger partial charge in [-0.3, -0.25) is 9.52 Å². The predicted molar refractivity (Wildman–Crippen MR) is 73.0 cm³/mol. The van der Waals surface area contributed by atoms with Crippen molar-refractivity contribution < 1.29 is 17.6 Å². The molecule has 0 aliphatic carbocycles. The minimum absolute atomic E-state index is 0.117. The number of benzene rings is 1. The molecule has 0 fully saturated rings. The summed E-state index contributed by atoms with van der Waals surface area (Å²) in [6, 6.07) is 3.47. The highest BCUT2D eigenvalue weighted by Gasteiger charge is 2.11. The van der Waals surface area contributed by atoms with Gasteiger partial charge in [-0.15, -0.1) is 0 Å². The van der Waals surface area contributed by atoms with Crippen LogP contribution in [0.15, 0.2) is 18.2 Å². The van der Waals surface area contributed by atoms with Crippen molar-refractivity contribution in [3.63, 3.8) is 0 Å². The number of carbonyl (C=O) groups excluding carboxylic acids is 1. The van der Waals surface area contributed by atoms with Gasteiger partial charge in [0.15, 0.2) is 0 Å². The van der Waals surface area contributed by atoms with Crippen LogP contribution in [-0.4, -0.2) is 20.6 Å². The average molecular weight is 288 g/mol. The van der Waals surface area contributed by atoms with Gasteiger partial charge in [-0.05, 0) is 24.6 Å². The molecule has 0 atom stereocenters. The lowest BCUT2D eigenvalue weighted by molar-refractivity contribution is -0.116. The molecule has 1 aromatic carbocycles. The lowest BCUT2D eigenvalue weighted by atomic mass is 10.2. The lowest BCUT2D eigenvalue weighted by Gasteiger charge is -2.12. The number of carbonyl (C=O) groups is 1. The molecule has 19 heavy (non-hydrogen) atoms. The summed E-state index contributed by atoms with van der Waals surface area (Å²) in [4.78, 5) is 11.6. The maximum Gasteiger partial charge on any atom is 0.229 e. The second-order valence-electron chi connectivity index (χ2n) is 4.22. The van der Waals surface area contributed by atoms with E-state index in [9.17, 15) is 17.6 Å². The smallest absolute Gasteiger partial charge is 0.229 e. The van der Waals surface area contributed by atoms with Gasteiger partial charge in [-0.1, -0.05) is 13.3 Å². The third-order valence-electron chi connectivity index (χ3n) is 2.31. The second-order valence-corrected chi connectivity index (χ2v) is 5.96. The van der Waals surface area contributed by atoms with Gasteiger partial charge < -0.3 is 5.32 Å². The Morgan fingerprint density at radius 3 is 2.58 bits per heavy atom. The summed E-state index contributed by atoms with van der Waals surface area (Å²) in [5.41, 5.74) is 0.264. The fraction of sp³-hybridized carbons (Fsp3) is 0.417. The van der Waals surface area contributed by atoms with Crippen LogP contribution in [0.3, 0.4) is 0 Å². The number of hydrogen-bond donors (Lipinski definition) is 2. The molecule has 0 saturated heterocycles. The maximum atomic E-state index is 13.2. The van der Waals surface area contributed by atoms with Crippen LogP contribution < -0.4 is 10.0 Å². The lowest BCUT2D eigenvalue weighted by Crippen LogP contribution is -2.15. The monoisotopic (exact) mass is 288 g/mol. The number of rotatable bonds is 6. The minimum atomic E-state index is -3.49. The van der Waals surface area contributed by atoms with Crippen molar-refractivity contribution in [1.29, 1.82) is 0 Å². The van der Waals surface area contributed by atoms with E-state index in [1.807, 2.05) is 6.92 Å². The van der Waals surface area contributed by atoms with E-state index < -0.39 is 15.8 Å². The molecule has 0 bridgehead atoms. The van der Waals surface area contributed by atoms with Crippen LogP contribution in [0, 0.1) is 5.82 Å². The Morgan fingerprint density at radius 2 is 2.00 bits per heavy atom. The molecule has 0 radical (unpaired) electrons. The first-order valence-corrected chi connectivity index (χ1v) is 7.78. The highest BCUT2D eigenvalue weighted by atomic mass is 32.2. The molecule has 0 saturated carbocycles. The summed E-state index contributed by atoms with van der Waals surface area (Å²) in [7, 11) is -3.49. The summed E-state index contributed by atoms with van der Waals surface area (Å²) < 4.78 is 37.7. The number of anilines is 2. The molecule has 7 heteroatoms. The fourth-order valence-electron chi connectivity index (χ4n) is 1.46. The van der Waals surface area contributed by atoms with Gasteiger partial charge in [0.05, 0.1) is 17.6 Å². The highest BCUT2D eigenvalue weighted by Crippen LogP contribution is 2.24. The first-order valence-electron chi connectivity index (χ1n) is 5.89. The molecule has 0 aliphatic heterocycles. The number of halogens is 1. The van der Waals surface area contributed by atoms with Crippen LogP contribution in [0.4, 0.5) is 15.8 Å². The predicted octanol–water partition coefficient (Wildman–Crippen LogP) is 2.33. The molecule has 0 aromatic heterocycles. The average Bonchev–Trinajstić information content (AvgIpc) is 2.28. The Kier molecular flexibility index (Phi) is 5.29. The molecule has 1 aromatic rings. The summed E-state index contributed by atoms with van der Waals surface area (Å²) in [6.07, 6.45) is 2.88. The minimum Gasteiger partial charge on any atom is -0.324 e. The van der Waals surface area contributed by atoms with Crippen molar-refractivity contribution in [2.45, 2.75) is 26.2 Å². The maximum absolute atomic E-state index is 13.2. The van der Waals surface area contributed by atoms with Crippen molar-refractivity contribution in [2.75, 3.05) is 16.3 Å². The molecule has 1 rings (SSSR count). The molecule has 0 unspecified atom stereocenters. The van der Waals surface area contributed by atoms with Gasteiger partial charge in [-0.2, -0.15) is 0 Å². The standard InChI is InChI=1S/C12H17FN2O3S/c1-3-4-5-12(16)14-11-8-9(13)6-7-10(11)15-19(2,17)18/h6-8,15H,3-5H2,1-2H3,(H,14,16). The zero-order chi connectivity index (χ0) is 14.5. The fourth-order valence-corrected chi connectivity index (χ4v) is 2.04. The third kappa shape index (κ3) is 5.69. The molecule has 5 nitrogen and oxygen atoms in total. The Balaban J connectivity index is 2.91. The molecule has 2 N–H and O–H groups in total. The van der Waals surface area contributed by atoms with Crippen molar-refractivity contribution in [3.05, 3.63) is 24.0 Å². The molecular formula is C12H17FN2O3S. The Morgan fingerprint density at radius 1 is 1.32 bits per heavy atom. The Hall–Kier alpha value is -1.63. The first-order chi connectivity index (χ1) is 8.81. The van der Waals surface area contributed by atoms with E-state index >= 15 is 0 Å². The topological polar surface area (TPSA) is 75.3 Å². The van der Waals surface area contributed by atoms with Crippen LogP contribution in [0.25, 0.3) is 0 Å². The van der Waals surface area contributed by atoms with Gasteiger partial charge in [0, 0.05) is 6.42 Å². The van der Waals surface area contributed by atoms with Gasteiger partial charge >= 0.3 is 0 Å². The van der Waals surface area contributed by atoms with Crippen LogP contribution >= 0.6 is 0 Å². The first kappa shape index (κ1) is 15.4. The Labute approximate surface area is 112 Å². The van der Waals surface area contributed by atoms with Gasteiger partial charge in [0.25, 0.3) is 0 Å². The zero-order valence-electron chi connectivity index (χ0n) is 10.9. The van der Waals surface area contributed by atoms with Gasteiger partial charge in [0.1, 0.15) is 5.82 Å². The van der Waals surface area contributed by atoms with E-state index in [-0.39, 0.29) is 17.3 Å². The second kappa shape index (κ2) is 6.51. The van der Waals surface area contributed by atoms with E-state index in [4.69, 9.17) is 0 Å². The summed E-state index contributed by atoms with van der Waals surface area (Å²) in [5, 5.41) is 2.50. The quantitative estimate of drug-likeness (QED) is 0.843. The molecule has 0 aliphatic rings. The third-order valence-corrected chi connectivity index (χ3v) is 2.90. The Bertz CT molecular complexity index is 558. The normalized spacial score (nSPS) is 11.1. The largest absolute Gasteiger partial charge is 0.324 e. The van der Waals surface area contributed by atoms with Crippen molar-refractivity contribution in [1.82, 2.24) is 0 Å². The zero-order valence-corrected chi connectivity index (χ0v) is 11.7. The summed E-state index contributed by atoms with van der Waals surface area (Å²) in [5.74, 6) is -0.825. The number of unbranched alkanes of at least 4 members (excludes halogenated alkanes) is 1. The number of amides is 1. The van der Waals surface area contributed by atoms with Crippen molar-refractivity contribution in [2.24, 2.45) is 0 Å². The molecule has 1 amide bonds. The van der Waals surface area contributed by atoms with E-state index in [2.05, 4.69) is 10.0 Å². The number of hydrogen-bond acceptors (Lipinski definition) is 3. The molecule has 106 valence electrons. The van der Waals surface area contributed by atoms with Gasteiger partial charge in [-0.25, -0.2) is 12.8 Å². The van der Waals surface area contributed by atoms with E-state index in [1.54, 1.807) is 0 Å². The van der Waals surface area contributed by atoms with Crippen LogP contribution in [-0.2, 0) is 14.8 Å². The highest BCUT2D eigenvalue weighted by molar-refractivity contribution is 7.92. The van der Waals surface area contributed by atoms with Crippen LogP contribution in [0.1, 0.15) is 26.2 Å². The van der Waals surface area contributed by atoms with Crippen LogP contribution in [0.5, 0.6) is 0 Å².